The molecule has 0 atom stereocenters. The molecular weight excluding hydrogens is 728 g/mol. The molecule has 286 valence electrons. The van der Waals surface area contributed by atoms with Gasteiger partial charge in [-0.2, -0.15) is 22.1 Å². The smallest absolute Gasteiger partial charge is 0.329 e. The first kappa shape index (κ1) is 36.8. The molecule has 0 radical (unpaired) electrons. The normalized spacial score (nSPS) is 20.8. The van der Waals surface area contributed by atoms with Gasteiger partial charge in [-0.25, -0.2) is 14.8 Å². The fraction of sp³-hybridized carbons (Fsp3) is 0.500. The highest BCUT2D eigenvalue weighted by atomic mass is 35.5. The van der Waals surface area contributed by atoms with E-state index < -0.39 is 16.2 Å². The van der Waals surface area contributed by atoms with Gasteiger partial charge in [-0.15, -0.1) is 0 Å². The summed E-state index contributed by atoms with van der Waals surface area (Å²) >= 11 is 5.89. The average molecular weight is 775 g/mol. The molecular formula is C38H47ClN10O4S. The number of rotatable bonds is 9. The van der Waals surface area contributed by atoms with Gasteiger partial charge in [0.15, 0.2) is 5.82 Å². The number of likely N-dealkylation sites (tertiary alicyclic amines) is 1. The number of halogens is 1. The quantitative estimate of drug-likeness (QED) is 0.244. The van der Waals surface area contributed by atoms with Crippen LogP contribution in [-0.4, -0.2) is 105 Å². The van der Waals surface area contributed by atoms with E-state index in [1.807, 2.05) is 11.7 Å². The largest absolute Gasteiger partial charge is 0.351 e. The van der Waals surface area contributed by atoms with Crippen LogP contribution in [0.3, 0.4) is 0 Å². The standard InChI is InChI=1S/C38H47ClN10O4S/c1-45-34-22-30(6-7-33(34)36(44-45)49-21-14-35(50)43-38(49)51)29-8-15-46(16-9-29)25-26-2-4-27(5-3-26)28-10-17-47(18-11-28)54(52,53)48-19-12-32(13-20-48)42-37-40-23-31(39)24-41-37/h2-7,22-24,28-29,32H,8-21,25H2,1H3,(H,40,41,42)(H,43,50,51). The van der Waals surface area contributed by atoms with Gasteiger partial charge < -0.3 is 5.32 Å². The Morgan fingerprint density at radius 2 is 1.43 bits per heavy atom. The Bertz CT molecular complexity index is 2090. The van der Waals surface area contributed by atoms with E-state index in [0.29, 0.717) is 74.2 Å². The van der Waals surface area contributed by atoms with Crippen LogP contribution in [-0.2, 0) is 28.6 Å². The number of carbonyl (C=O) groups excluding carboxylic acids is 2. The number of fused-ring (bicyclic) bond motifs is 1. The molecule has 2 N–H and O–H groups in total. The molecule has 0 spiro atoms. The number of hydrogen-bond acceptors (Lipinski definition) is 9. The number of anilines is 2. The van der Waals surface area contributed by atoms with Crippen molar-refractivity contribution in [3.8, 4) is 0 Å². The van der Waals surface area contributed by atoms with E-state index in [0.717, 1.165) is 56.2 Å². The molecule has 4 fully saturated rings. The van der Waals surface area contributed by atoms with Crippen LogP contribution in [0.15, 0.2) is 54.9 Å². The molecule has 14 nitrogen and oxygen atoms in total. The molecule has 0 saturated carbocycles. The zero-order valence-electron chi connectivity index (χ0n) is 30.5. The molecule has 0 aliphatic carbocycles. The highest BCUT2D eigenvalue weighted by Crippen LogP contribution is 2.35. The van der Waals surface area contributed by atoms with E-state index in [4.69, 9.17) is 11.6 Å². The molecule has 2 aromatic carbocycles. The minimum absolute atomic E-state index is 0.121. The molecule has 8 rings (SSSR count). The summed E-state index contributed by atoms with van der Waals surface area (Å²) in [7, 11) is -1.60. The van der Waals surface area contributed by atoms with Crippen molar-refractivity contribution >= 4 is 56.4 Å². The molecule has 4 aliphatic rings. The van der Waals surface area contributed by atoms with Crippen molar-refractivity contribution in [1.29, 1.82) is 0 Å². The van der Waals surface area contributed by atoms with E-state index in [9.17, 15) is 18.0 Å². The molecule has 3 amide bonds. The fourth-order valence-corrected chi connectivity index (χ4v) is 10.2. The van der Waals surface area contributed by atoms with Gasteiger partial charge in [0.05, 0.1) is 22.9 Å². The molecule has 54 heavy (non-hydrogen) atoms. The van der Waals surface area contributed by atoms with Gasteiger partial charge in [-0.1, -0.05) is 41.9 Å². The number of nitrogens with zero attached hydrogens (tertiary/aromatic N) is 8. The van der Waals surface area contributed by atoms with Crippen molar-refractivity contribution < 1.29 is 18.0 Å². The highest BCUT2D eigenvalue weighted by molar-refractivity contribution is 7.86. The SMILES string of the molecule is Cn1nc(N2CCC(=O)NC2=O)c2ccc(C3CCN(Cc4ccc(C5CCN(S(=O)(=O)N6CCC(Nc7ncc(Cl)cn7)CC6)CC5)cc4)CC3)cc21. The summed E-state index contributed by atoms with van der Waals surface area (Å²) in [6.45, 7) is 5.28. The summed E-state index contributed by atoms with van der Waals surface area (Å²) in [6, 6.07) is 15.1. The van der Waals surface area contributed by atoms with Gasteiger partial charge in [0.1, 0.15) is 0 Å². The number of nitrogens with one attached hydrogen (secondary N) is 2. The van der Waals surface area contributed by atoms with Crippen molar-refractivity contribution in [2.75, 3.05) is 56.0 Å². The second-order valence-electron chi connectivity index (χ2n) is 15.0. The van der Waals surface area contributed by atoms with Crippen LogP contribution in [0.4, 0.5) is 16.6 Å². The third kappa shape index (κ3) is 7.83. The van der Waals surface area contributed by atoms with Crippen LogP contribution in [0.1, 0.15) is 73.5 Å². The van der Waals surface area contributed by atoms with Crippen molar-refractivity contribution in [1.82, 2.24) is 38.6 Å². The zero-order chi connectivity index (χ0) is 37.4. The average Bonchev–Trinajstić information content (AvgIpc) is 3.51. The number of aryl methyl sites for hydroxylation is 1. The number of imide groups is 1. The Morgan fingerprint density at radius 1 is 0.815 bits per heavy atom. The van der Waals surface area contributed by atoms with Gasteiger partial charge in [-0.3, -0.25) is 24.6 Å². The Kier molecular flexibility index (Phi) is 10.6. The van der Waals surface area contributed by atoms with Gasteiger partial charge >= 0.3 is 6.03 Å². The molecule has 2 aromatic heterocycles. The minimum Gasteiger partial charge on any atom is -0.351 e. The molecule has 0 bridgehead atoms. The Morgan fingerprint density at radius 3 is 2.09 bits per heavy atom. The molecule has 0 unspecified atom stereocenters. The van der Waals surface area contributed by atoms with Crippen LogP contribution in [0.25, 0.3) is 10.9 Å². The van der Waals surface area contributed by atoms with E-state index in [2.05, 4.69) is 73.1 Å². The highest BCUT2D eigenvalue weighted by Gasteiger charge is 2.36. The Balaban J connectivity index is 0.793. The fourth-order valence-electron chi connectivity index (χ4n) is 8.44. The van der Waals surface area contributed by atoms with Gasteiger partial charge in [0.2, 0.25) is 11.9 Å². The lowest BCUT2D eigenvalue weighted by Crippen LogP contribution is -2.50. The van der Waals surface area contributed by atoms with Crippen LogP contribution in [0.5, 0.6) is 0 Å². The number of aromatic nitrogens is 4. The van der Waals surface area contributed by atoms with Gasteiger partial charge in [0, 0.05) is 64.2 Å². The number of hydrogen-bond donors (Lipinski definition) is 2. The minimum atomic E-state index is -3.50. The van der Waals surface area contributed by atoms with Crippen LogP contribution in [0, 0.1) is 0 Å². The number of piperidine rings is 3. The first-order valence-electron chi connectivity index (χ1n) is 19.0. The molecule has 4 saturated heterocycles. The zero-order valence-corrected chi connectivity index (χ0v) is 32.1. The van der Waals surface area contributed by atoms with Crippen molar-refractivity contribution in [3.63, 3.8) is 0 Å². The van der Waals surface area contributed by atoms with Gasteiger partial charge in [-0.05, 0) is 92.3 Å². The lowest BCUT2D eigenvalue weighted by atomic mass is 9.88. The maximum atomic E-state index is 13.5. The topological polar surface area (TPSA) is 149 Å². The van der Waals surface area contributed by atoms with Crippen LogP contribution >= 0.6 is 11.6 Å². The lowest BCUT2D eigenvalue weighted by Gasteiger charge is -2.38. The molecule has 6 heterocycles. The molecule has 4 aromatic rings. The summed E-state index contributed by atoms with van der Waals surface area (Å²) in [6.07, 6.45) is 8.54. The molecule has 16 heteroatoms. The summed E-state index contributed by atoms with van der Waals surface area (Å²) in [5, 5.41) is 11.7. The number of urea groups is 1. The summed E-state index contributed by atoms with van der Waals surface area (Å²) in [4.78, 5) is 36.6. The monoisotopic (exact) mass is 774 g/mol. The first-order chi connectivity index (χ1) is 26.1. The number of benzene rings is 2. The Hall–Kier alpha value is -4.15. The number of amides is 3. The second kappa shape index (κ2) is 15.5. The van der Waals surface area contributed by atoms with Crippen molar-refractivity contribution in [2.24, 2.45) is 7.05 Å². The van der Waals surface area contributed by atoms with Crippen LogP contribution < -0.4 is 15.5 Å². The second-order valence-corrected chi connectivity index (χ2v) is 17.4. The van der Waals surface area contributed by atoms with Gasteiger partial charge in [0.25, 0.3) is 10.2 Å². The van der Waals surface area contributed by atoms with Crippen molar-refractivity contribution in [3.05, 3.63) is 76.6 Å². The summed E-state index contributed by atoms with van der Waals surface area (Å²) in [5.41, 5.74) is 4.86. The lowest BCUT2D eigenvalue weighted by molar-refractivity contribution is -0.120. The third-order valence-corrected chi connectivity index (χ3v) is 13.8. The Labute approximate surface area is 321 Å². The molecule has 4 aliphatic heterocycles. The van der Waals surface area contributed by atoms with Crippen molar-refractivity contribution in [2.45, 2.75) is 69.4 Å². The van der Waals surface area contributed by atoms with E-state index in [-0.39, 0.29) is 18.4 Å². The van der Waals surface area contributed by atoms with E-state index in [1.165, 1.54) is 16.7 Å². The maximum Gasteiger partial charge on any atom is 0.329 e. The third-order valence-electron chi connectivity index (χ3n) is 11.6. The van der Waals surface area contributed by atoms with E-state index >= 15 is 0 Å². The van der Waals surface area contributed by atoms with Crippen LogP contribution in [0.2, 0.25) is 5.02 Å². The predicted octanol–water partition coefficient (Wildman–Crippen LogP) is 4.84. The maximum absolute atomic E-state index is 13.5. The predicted molar refractivity (Wildman–Crippen MR) is 208 cm³/mol. The van der Waals surface area contributed by atoms with E-state index in [1.54, 1.807) is 25.9 Å². The summed E-state index contributed by atoms with van der Waals surface area (Å²) < 4.78 is 32.2. The first-order valence-corrected chi connectivity index (χ1v) is 20.8. The summed E-state index contributed by atoms with van der Waals surface area (Å²) in [5.74, 6) is 1.65. The number of carbonyl (C=O) groups is 2.